The Morgan fingerprint density at radius 1 is 1.71 bits per heavy atom. The number of ether oxygens (including phenoxy) is 1. The van der Waals surface area contributed by atoms with Gasteiger partial charge in [0.1, 0.15) is 6.04 Å². The van der Waals surface area contributed by atoms with Gasteiger partial charge in [-0.3, -0.25) is 4.79 Å². The van der Waals surface area contributed by atoms with Crippen LogP contribution in [-0.2, 0) is 22.5 Å². The number of carbonyl (C=O) groups is 1. The minimum absolute atomic E-state index is 0.367. The van der Waals surface area contributed by atoms with Gasteiger partial charge in [-0.15, -0.1) is 0 Å². The molecule has 0 aromatic carbocycles. The molecule has 4 heteroatoms. The molecule has 14 heavy (non-hydrogen) atoms. The Bertz CT molecular complexity index is 307. The van der Waals surface area contributed by atoms with Crippen LogP contribution in [0.5, 0.6) is 0 Å². The van der Waals surface area contributed by atoms with Crippen molar-refractivity contribution in [3.63, 3.8) is 0 Å². The summed E-state index contributed by atoms with van der Waals surface area (Å²) in [4.78, 5) is 11.1. The van der Waals surface area contributed by atoms with E-state index in [1.807, 2.05) is 25.3 Å². The highest BCUT2D eigenvalue weighted by Crippen LogP contribution is 2.05. The summed E-state index contributed by atoms with van der Waals surface area (Å²) in [6.07, 6.45) is 2.49. The molecule has 0 fully saturated rings. The van der Waals surface area contributed by atoms with Crippen molar-refractivity contribution in [1.29, 1.82) is 0 Å². The van der Waals surface area contributed by atoms with Gasteiger partial charge in [0.2, 0.25) is 0 Å². The number of hydrogen-bond donors (Lipinski definition) is 1. The fraction of sp³-hybridized carbons (Fsp3) is 0.500. The largest absolute Gasteiger partial charge is 0.468 e. The molecular weight excluding hydrogens is 180 g/mol. The summed E-state index contributed by atoms with van der Waals surface area (Å²) in [6, 6.07) is 3.34. The maximum absolute atomic E-state index is 11.1. The lowest BCUT2D eigenvalue weighted by Crippen LogP contribution is -2.34. The van der Waals surface area contributed by atoms with Gasteiger partial charge in [-0.1, -0.05) is 0 Å². The molecule has 0 radical (unpaired) electrons. The molecule has 0 aliphatic heterocycles. The molecule has 1 unspecified atom stereocenters. The van der Waals surface area contributed by atoms with Gasteiger partial charge < -0.3 is 15.0 Å². The molecule has 0 saturated carbocycles. The van der Waals surface area contributed by atoms with Crippen LogP contribution in [0.15, 0.2) is 18.3 Å². The summed E-state index contributed by atoms with van der Waals surface area (Å²) in [5, 5.41) is 0. The standard InChI is InChI=1S/C10H16N2O2/c1-3-12-6-4-5-8(12)7-9(11)10(13)14-2/h4-6,9H,3,7,11H2,1-2H3. The Morgan fingerprint density at radius 2 is 2.43 bits per heavy atom. The maximum atomic E-state index is 11.1. The lowest BCUT2D eigenvalue weighted by atomic mass is 10.2. The number of hydrogen-bond acceptors (Lipinski definition) is 3. The molecule has 0 aliphatic carbocycles. The lowest BCUT2D eigenvalue weighted by Gasteiger charge is -2.11. The number of methoxy groups -OCH3 is 1. The van der Waals surface area contributed by atoms with E-state index in [4.69, 9.17) is 5.73 Å². The van der Waals surface area contributed by atoms with Crippen molar-refractivity contribution in [1.82, 2.24) is 4.57 Å². The van der Waals surface area contributed by atoms with Gasteiger partial charge in [-0.05, 0) is 19.1 Å². The van der Waals surface area contributed by atoms with Crippen LogP contribution in [0.25, 0.3) is 0 Å². The summed E-state index contributed by atoms with van der Waals surface area (Å²) >= 11 is 0. The Balaban J connectivity index is 2.64. The Labute approximate surface area is 83.7 Å². The molecule has 1 atom stereocenters. The number of rotatable bonds is 4. The predicted molar refractivity (Wildman–Crippen MR) is 53.8 cm³/mol. The molecule has 1 heterocycles. The van der Waals surface area contributed by atoms with Crippen LogP contribution in [0.2, 0.25) is 0 Å². The van der Waals surface area contributed by atoms with Crippen molar-refractivity contribution in [2.75, 3.05) is 7.11 Å². The van der Waals surface area contributed by atoms with Crippen LogP contribution in [0.3, 0.4) is 0 Å². The Morgan fingerprint density at radius 3 is 3.00 bits per heavy atom. The smallest absolute Gasteiger partial charge is 0.323 e. The Hall–Kier alpha value is -1.29. The molecule has 0 aliphatic rings. The van der Waals surface area contributed by atoms with Crippen molar-refractivity contribution < 1.29 is 9.53 Å². The van der Waals surface area contributed by atoms with E-state index in [0.29, 0.717) is 6.42 Å². The van der Waals surface area contributed by atoms with E-state index < -0.39 is 6.04 Å². The highest BCUT2D eigenvalue weighted by atomic mass is 16.5. The predicted octanol–water partition coefficient (Wildman–Crippen LogP) is 0.551. The molecule has 1 rings (SSSR count). The van der Waals surface area contributed by atoms with Crippen molar-refractivity contribution in [3.05, 3.63) is 24.0 Å². The van der Waals surface area contributed by atoms with Gasteiger partial charge in [0, 0.05) is 24.9 Å². The highest BCUT2D eigenvalue weighted by molar-refractivity contribution is 5.75. The molecular formula is C10H16N2O2. The average Bonchev–Trinajstić information content (AvgIpc) is 2.63. The summed E-state index contributed by atoms with van der Waals surface area (Å²) in [6.45, 7) is 2.93. The molecule has 78 valence electrons. The molecule has 0 amide bonds. The van der Waals surface area contributed by atoms with Gasteiger partial charge in [-0.25, -0.2) is 0 Å². The minimum Gasteiger partial charge on any atom is -0.468 e. The van der Waals surface area contributed by atoms with Crippen LogP contribution in [0.4, 0.5) is 0 Å². The molecule has 4 nitrogen and oxygen atoms in total. The third kappa shape index (κ3) is 2.35. The molecule has 0 spiro atoms. The molecule has 1 aromatic heterocycles. The SMILES string of the molecule is CCn1cccc1CC(N)C(=O)OC. The third-order valence-electron chi connectivity index (χ3n) is 2.20. The number of aryl methyl sites for hydroxylation is 1. The monoisotopic (exact) mass is 196 g/mol. The van der Waals surface area contributed by atoms with E-state index >= 15 is 0 Å². The number of carbonyl (C=O) groups excluding carboxylic acids is 1. The topological polar surface area (TPSA) is 57.2 Å². The fourth-order valence-electron chi connectivity index (χ4n) is 1.40. The van der Waals surface area contributed by atoms with Crippen molar-refractivity contribution in [3.8, 4) is 0 Å². The number of nitrogens with zero attached hydrogens (tertiary/aromatic N) is 1. The zero-order chi connectivity index (χ0) is 10.6. The van der Waals surface area contributed by atoms with E-state index in [-0.39, 0.29) is 5.97 Å². The van der Waals surface area contributed by atoms with Gasteiger partial charge in [0.25, 0.3) is 0 Å². The van der Waals surface area contributed by atoms with Gasteiger partial charge >= 0.3 is 5.97 Å². The van der Waals surface area contributed by atoms with Gasteiger partial charge in [0.15, 0.2) is 0 Å². The number of esters is 1. The molecule has 0 bridgehead atoms. The second-order valence-corrected chi connectivity index (χ2v) is 3.12. The zero-order valence-corrected chi connectivity index (χ0v) is 8.56. The van der Waals surface area contributed by atoms with E-state index in [1.54, 1.807) is 0 Å². The molecule has 2 N–H and O–H groups in total. The first-order valence-corrected chi connectivity index (χ1v) is 4.66. The van der Waals surface area contributed by atoms with Crippen LogP contribution in [0, 0.1) is 0 Å². The zero-order valence-electron chi connectivity index (χ0n) is 8.56. The Kier molecular flexibility index (Phi) is 3.71. The first-order valence-electron chi connectivity index (χ1n) is 4.66. The van der Waals surface area contributed by atoms with E-state index in [1.165, 1.54) is 7.11 Å². The fourth-order valence-corrected chi connectivity index (χ4v) is 1.40. The van der Waals surface area contributed by atoms with Crippen LogP contribution >= 0.6 is 0 Å². The van der Waals surface area contributed by atoms with E-state index in [9.17, 15) is 4.79 Å². The number of aromatic nitrogens is 1. The van der Waals surface area contributed by atoms with Crippen molar-refractivity contribution in [2.24, 2.45) is 5.73 Å². The number of nitrogens with two attached hydrogens (primary N) is 1. The third-order valence-corrected chi connectivity index (χ3v) is 2.20. The van der Waals surface area contributed by atoms with E-state index in [0.717, 1.165) is 12.2 Å². The van der Waals surface area contributed by atoms with Gasteiger partial charge in [-0.2, -0.15) is 0 Å². The quantitative estimate of drug-likeness (QED) is 0.715. The van der Waals surface area contributed by atoms with Crippen LogP contribution in [-0.4, -0.2) is 23.7 Å². The molecule has 1 aromatic rings. The highest BCUT2D eigenvalue weighted by Gasteiger charge is 2.15. The maximum Gasteiger partial charge on any atom is 0.323 e. The van der Waals surface area contributed by atoms with Crippen molar-refractivity contribution >= 4 is 5.97 Å². The van der Waals surface area contributed by atoms with Gasteiger partial charge in [0.05, 0.1) is 7.11 Å². The minimum atomic E-state index is -0.569. The van der Waals surface area contributed by atoms with Crippen LogP contribution < -0.4 is 5.73 Å². The normalized spacial score (nSPS) is 12.5. The first-order chi connectivity index (χ1) is 6.69. The average molecular weight is 196 g/mol. The summed E-state index contributed by atoms with van der Waals surface area (Å²) < 4.78 is 6.62. The first kappa shape index (κ1) is 10.8. The van der Waals surface area contributed by atoms with Crippen molar-refractivity contribution in [2.45, 2.75) is 25.9 Å². The molecule has 0 saturated heterocycles. The summed E-state index contributed by atoms with van der Waals surface area (Å²) in [5.74, 6) is -0.367. The van der Waals surface area contributed by atoms with Crippen LogP contribution in [0.1, 0.15) is 12.6 Å². The summed E-state index contributed by atoms with van der Waals surface area (Å²) in [5.41, 5.74) is 6.72. The second kappa shape index (κ2) is 4.81. The lowest BCUT2D eigenvalue weighted by molar-refractivity contribution is -0.142. The second-order valence-electron chi connectivity index (χ2n) is 3.12. The summed E-state index contributed by atoms with van der Waals surface area (Å²) in [7, 11) is 1.35. The van der Waals surface area contributed by atoms with E-state index in [2.05, 4.69) is 9.30 Å².